The number of oxazole rings is 1. The van der Waals surface area contributed by atoms with Gasteiger partial charge in [0, 0.05) is 11.4 Å². The average molecular weight is 211 g/mol. The van der Waals surface area contributed by atoms with Crippen LogP contribution in [0.25, 0.3) is 10.6 Å². The summed E-state index contributed by atoms with van der Waals surface area (Å²) in [5.74, 6) is 1.39. The Balaban J connectivity index is 2.38. The number of hydrogen-bond acceptors (Lipinski definition) is 5. The highest BCUT2D eigenvalue weighted by Gasteiger charge is 2.12. The van der Waals surface area contributed by atoms with Crippen LogP contribution in [0.2, 0.25) is 0 Å². The quantitative estimate of drug-likeness (QED) is 0.842. The van der Waals surface area contributed by atoms with Gasteiger partial charge in [-0.1, -0.05) is 0 Å². The van der Waals surface area contributed by atoms with E-state index in [9.17, 15) is 0 Å². The molecule has 0 aliphatic rings. The summed E-state index contributed by atoms with van der Waals surface area (Å²) in [4.78, 5) is 4.80. The lowest BCUT2D eigenvalue weighted by Gasteiger charge is -1.93. The molecule has 2 rings (SSSR count). The third kappa shape index (κ3) is 1.51. The highest BCUT2D eigenvalue weighted by Crippen LogP contribution is 2.32. The number of thiophene rings is 1. The summed E-state index contributed by atoms with van der Waals surface area (Å²) in [7, 11) is 1.61. The molecule has 2 heterocycles. The van der Waals surface area contributed by atoms with Gasteiger partial charge in [-0.15, -0.1) is 11.3 Å². The van der Waals surface area contributed by atoms with E-state index in [2.05, 4.69) is 4.98 Å². The lowest BCUT2D eigenvalue weighted by molar-refractivity contribution is 0.277. The van der Waals surface area contributed by atoms with Crippen LogP contribution in [0, 0.1) is 0 Å². The van der Waals surface area contributed by atoms with Crippen LogP contribution in [0.3, 0.4) is 0 Å². The molecule has 0 atom stereocenters. The summed E-state index contributed by atoms with van der Waals surface area (Å²) < 4.78 is 10.2. The molecule has 2 aromatic heterocycles. The molecule has 0 saturated heterocycles. The van der Waals surface area contributed by atoms with Gasteiger partial charge in [-0.05, 0) is 0 Å². The summed E-state index contributed by atoms with van der Waals surface area (Å²) in [6.07, 6.45) is 1.33. The van der Waals surface area contributed by atoms with E-state index in [4.69, 9.17) is 14.3 Å². The molecule has 5 heteroatoms. The summed E-state index contributed by atoms with van der Waals surface area (Å²) in [5.41, 5.74) is 0.550. The van der Waals surface area contributed by atoms with Crippen molar-refractivity contribution in [3.63, 3.8) is 0 Å². The highest BCUT2D eigenvalue weighted by molar-refractivity contribution is 7.13. The van der Waals surface area contributed by atoms with Crippen molar-refractivity contribution in [2.24, 2.45) is 0 Å². The Morgan fingerprint density at radius 3 is 3.14 bits per heavy atom. The van der Waals surface area contributed by atoms with E-state index in [0.717, 1.165) is 10.6 Å². The van der Waals surface area contributed by atoms with Crippen molar-refractivity contribution in [1.29, 1.82) is 0 Å². The Kier molecular flexibility index (Phi) is 2.51. The van der Waals surface area contributed by atoms with Crippen LogP contribution in [0.1, 0.15) is 5.69 Å². The number of nitrogens with zero attached hydrogens (tertiary/aromatic N) is 1. The lowest BCUT2D eigenvalue weighted by atomic mass is 10.3. The van der Waals surface area contributed by atoms with Gasteiger partial charge in [-0.2, -0.15) is 0 Å². The van der Waals surface area contributed by atoms with Crippen LogP contribution in [0.15, 0.2) is 22.3 Å². The van der Waals surface area contributed by atoms with E-state index >= 15 is 0 Å². The van der Waals surface area contributed by atoms with Crippen molar-refractivity contribution in [3.8, 4) is 16.4 Å². The molecule has 0 aromatic carbocycles. The topological polar surface area (TPSA) is 55.5 Å². The Hall–Kier alpha value is -1.33. The molecule has 0 amide bonds. The van der Waals surface area contributed by atoms with E-state index in [-0.39, 0.29) is 6.61 Å². The average Bonchev–Trinajstić information content (AvgIpc) is 2.85. The molecule has 0 radical (unpaired) electrons. The Morgan fingerprint density at radius 2 is 2.50 bits per heavy atom. The number of hydrogen-bond donors (Lipinski definition) is 1. The first-order chi connectivity index (χ1) is 6.85. The number of aliphatic hydroxyl groups is 1. The first-order valence-corrected chi connectivity index (χ1v) is 4.89. The summed E-state index contributed by atoms with van der Waals surface area (Å²) in [6, 6.07) is 1.85. The monoisotopic (exact) mass is 211 g/mol. The van der Waals surface area contributed by atoms with Gasteiger partial charge in [0.15, 0.2) is 12.2 Å². The van der Waals surface area contributed by atoms with E-state index in [1.807, 2.05) is 11.4 Å². The molecular formula is C9H9NO3S. The van der Waals surface area contributed by atoms with Gasteiger partial charge in [0.05, 0.1) is 18.6 Å². The normalized spacial score (nSPS) is 10.4. The number of methoxy groups -OCH3 is 1. The standard InChI is InChI=1S/C9H9NO3S/c1-12-6-2-8(14-4-6)9-7(3-11)10-5-13-9/h2,4-5,11H,3H2,1H3. The minimum atomic E-state index is -0.119. The molecule has 0 aliphatic carbocycles. The van der Waals surface area contributed by atoms with Gasteiger partial charge in [0.25, 0.3) is 0 Å². The predicted octanol–water partition coefficient (Wildman–Crippen LogP) is 1.90. The third-order valence-electron chi connectivity index (χ3n) is 1.83. The van der Waals surface area contributed by atoms with E-state index < -0.39 is 0 Å². The molecule has 0 spiro atoms. The molecule has 14 heavy (non-hydrogen) atoms. The largest absolute Gasteiger partial charge is 0.496 e. The maximum atomic E-state index is 8.98. The first-order valence-electron chi connectivity index (χ1n) is 4.01. The lowest BCUT2D eigenvalue weighted by Crippen LogP contribution is -1.84. The molecule has 0 saturated carbocycles. The second-order valence-electron chi connectivity index (χ2n) is 2.64. The van der Waals surface area contributed by atoms with Gasteiger partial charge < -0.3 is 14.3 Å². The van der Waals surface area contributed by atoms with E-state index in [0.29, 0.717) is 11.5 Å². The molecule has 0 unspecified atom stereocenters. The number of rotatable bonds is 3. The number of ether oxygens (including phenoxy) is 1. The zero-order chi connectivity index (χ0) is 9.97. The zero-order valence-electron chi connectivity index (χ0n) is 7.56. The highest BCUT2D eigenvalue weighted by atomic mass is 32.1. The minimum Gasteiger partial charge on any atom is -0.496 e. The van der Waals surface area contributed by atoms with Gasteiger partial charge in [-0.3, -0.25) is 0 Å². The Bertz CT molecular complexity index is 421. The Labute approximate surface area is 84.8 Å². The maximum absolute atomic E-state index is 8.98. The second kappa shape index (κ2) is 3.81. The summed E-state index contributed by atoms with van der Waals surface area (Å²) in [5, 5.41) is 10.9. The van der Waals surface area contributed by atoms with Gasteiger partial charge in [0.2, 0.25) is 0 Å². The van der Waals surface area contributed by atoms with Crippen molar-refractivity contribution in [2.45, 2.75) is 6.61 Å². The molecule has 2 aromatic rings. The minimum absolute atomic E-state index is 0.119. The van der Waals surface area contributed by atoms with Crippen LogP contribution in [-0.2, 0) is 6.61 Å². The van der Waals surface area contributed by atoms with Crippen LogP contribution in [0.5, 0.6) is 5.75 Å². The fourth-order valence-corrected chi connectivity index (χ4v) is 1.99. The SMILES string of the molecule is COc1csc(-c2ocnc2CO)c1. The molecular weight excluding hydrogens is 202 g/mol. The van der Waals surface area contributed by atoms with Crippen molar-refractivity contribution in [1.82, 2.24) is 4.98 Å². The van der Waals surface area contributed by atoms with Crippen molar-refractivity contribution < 1.29 is 14.3 Å². The number of aliphatic hydroxyl groups excluding tert-OH is 1. The first kappa shape index (κ1) is 9.23. The van der Waals surface area contributed by atoms with Gasteiger partial charge in [-0.25, -0.2) is 4.98 Å². The van der Waals surface area contributed by atoms with Crippen LogP contribution >= 0.6 is 11.3 Å². The van der Waals surface area contributed by atoms with Gasteiger partial charge in [0.1, 0.15) is 11.4 Å². The Morgan fingerprint density at radius 1 is 1.64 bits per heavy atom. The van der Waals surface area contributed by atoms with Gasteiger partial charge >= 0.3 is 0 Å². The summed E-state index contributed by atoms with van der Waals surface area (Å²) >= 11 is 1.49. The fraction of sp³-hybridized carbons (Fsp3) is 0.222. The number of aromatic nitrogens is 1. The van der Waals surface area contributed by atoms with E-state index in [1.165, 1.54) is 17.7 Å². The van der Waals surface area contributed by atoms with Crippen LogP contribution in [-0.4, -0.2) is 17.2 Å². The molecule has 0 aliphatic heterocycles. The zero-order valence-corrected chi connectivity index (χ0v) is 8.37. The fourth-order valence-electron chi connectivity index (χ4n) is 1.13. The van der Waals surface area contributed by atoms with E-state index in [1.54, 1.807) is 7.11 Å². The molecule has 0 fully saturated rings. The smallest absolute Gasteiger partial charge is 0.181 e. The van der Waals surface area contributed by atoms with Crippen molar-refractivity contribution in [3.05, 3.63) is 23.5 Å². The third-order valence-corrected chi connectivity index (χ3v) is 2.73. The molecule has 74 valence electrons. The van der Waals surface area contributed by atoms with Crippen LogP contribution < -0.4 is 4.74 Å². The van der Waals surface area contributed by atoms with Crippen molar-refractivity contribution in [2.75, 3.05) is 7.11 Å². The van der Waals surface area contributed by atoms with Crippen LogP contribution in [0.4, 0.5) is 0 Å². The second-order valence-corrected chi connectivity index (χ2v) is 3.55. The molecule has 4 nitrogen and oxygen atoms in total. The maximum Gasteiger partial charge on any atom is 0.181 e. The molecule has 1 N–H and O–H groups in total. The van der Waals surface area contributed by atoms with Crippen molar-refractivity contribution >= 4 is 11.3 Å². The predicted molar refractivity (Wildman–Crippen MR) is 52.3 cm³/mol. The molecule has 0 bridgehead atoms. The summed E-state index contributed by atoms with van der Waals surface area (Å²) in [6.45, 7) is -0.119.